The Kier molecular flexibility index (Phi) is 3.63. The zero-order chi connectivity index (χ0) is 15.7. The molecule has 3 aromatic rings. The van der Waals surface area contributed by atoms with E-state index >= 15 is 0 Å². The van der Waals surface area contributed by atoms with Crippen LogP contribution in [0.5, 0.6) is 0 Å². The summed E-state index contributed by atoms with van der Waals surface area (Å²) in [4.78, 5) is 14.2. The highest BCUT2D eigenvalue weighted by Gasteiger charge is 2.18. The summed E-state index contributed by atoms with van der Waals surface area (Å²) in [5, 5.41) is 1.92. The Bertz CT molecular complexity index is 838. The number of halogens is 1. The van der Waals surface area contributed by atoms with Crippen LogP contribution >= 0.6 is 0 Å². The molecule has 0 N–H and O–H groups in total. The van der Waals surface area contributed by atoms with Crippen molar-refractivity contribution in [3.63, 3.8) is 0 Å². The van der Waals surface area contributed by atoms with Gasteiger partial charge in [0.2, 0.25) is 0 Å². The van der Waals surface area contributed by atoms with Gasteiger partial charge in [0, 0.05) is 14.1 Å². The number of hydrogen-bond acceptors (Lipinski definition) is 1. The smallest absolute Gasteiger partial charge is 0.254 e. The van der Waals surface area contributed by atoms with Gasteiger partial charge in [-0.25, -0.2) is 4.39 Å². The van der Waals surface area contributed by atoms with E-state index in [1.165, 1.54) is 12.1 Å². The first-order chi connectivity index (χ1) is 10.6. The highest BCUT2D eigenvalue weighted by atomic mass is 19.1. The average Bonchev–Trinajstić information content (AvgIpc) is 2.54. The van der Waals surface area contributed by atoms with Crippen LogP contribution in [0.15, 0.2) is 60.7 Å². The van der Waals surface area contributed by atoms with E-state index in [9.17, 15) is 9.18 Å². The van der Waals surface area contributed by atoms with Crippen LogP contribution in [0, 0.1) is 5.82 Å². The van der Waals surface area contributed by atoms with Gasteiger partial charge in [-0.1, -0.05) is 48.5 Å². The molecule has 3 aromatic carbocycles. The summed E-state index contributed by atoms with van der Waals surface area (Å²) in [6.07, 6.45) is 0. The maximum atomic E-state index is 13.2. The monoisotopic (exact) mass is 293 g/mol. The molecule has 110 valence electrons. The summed E-state index contributed by atoms with van der Waals surface area (Å²) in [6.45, 7) is 0. The number of amides is 1. The predicted octanol–water partition coefficient (Wildman–Crippen LogP) is 4.35. The number of hydrogen-bond donors (Lipinski definition) is 0. The summed E-state index contributed by atoms with van der Waals surface area (Å²) in [5.74, 6) is -0.346. The van der Waals surface area contributed by atoms with Crippen LogP contribution in [-0.2, 0) is 0 Å². The largest absolute Gasteiger partial charge is 0.345 e. The third-order valence-corrected chi connectivity index (χ3v) is 3.70. The molecular formula is C19H16FNO. The van der Waals surface area contributed by atoms with Gasteiger partial charge in [-0.15, -0.1) is 0 Å². The summed E-state index contributed by atoms with van der Waals surface area (Å²) >= 11 is 0. The summed E-state index contributed by atoms with van der Waals surface area (Å²) in [6, 6.07) is 17.9. The van der Waals surface area contributed by atoms with Gasteiger partial charge in [0.15, 0.2) is 0 Å². The Morgan fingerprint density at radius 3 is 2.27 bits per heavy atom. The Hall–Kier alpha value is -2.68. The maximum Gasteiger partial charge on any atom is 0.254 e. The predicted molar refractivity (Wildman–Crippen MR) is 87.4 cm³/mol. The van der Waals surface area contributed by atoms with Gasteiger partial charge >= 0.3 is 0 Å². The molecule has 0 saturated heterocycles. The van der Waals surface area contributed by atoms with E-state index in [4.69, 9.17) is 0 Å². The van der Waals surface area contributed by atoms with Crippen molar-refractivity contribution in [3.8, 4) is 11.1 Å². The minimum absolute atomic E-state index is 0.0591. The Balaban J connectivity index is 2.32. The second-order valence-corrected chi connectivity index (χ2v) is 5.42. The van der Waals surface area contributed by atoms with Crippen molar-refractivity contribution in [1.82, 2.24) is 4.90 Å². The molecule has 0 bridgehead atoms. The summed E-state index contributed by atoms with van der Waals surface area (Å²) in [7, 11) is 3.47. The van der Waals surface area contributed by atoms with Gasteiger partial charge in [0.1, 0.15) is 5.82 Å². The number of carbonyl (C=O) groups is 1. The zero-order valence-electron chi connectivity index (χ0n) is 12.5. The molecule has 0 aliphatic heterocycles. The quantitative estimate of drug-likeness (QED) is 0.688. The van der Waals surface area contributed by atoms with Crippen molar-refractivity contribution in [2.24, 2.45) is 0 Å². The molecule has 2 nitrogen and oxygen atoms in total. The van der Waals surface area contributed by atoms with Crippen molar-refractivity contribution in [1.29, 1.82) is 0 Å². The van der Waals surface area contributed by atoms with Crippen LogP contribution in [0.25, 0.3) is 21.9 Å². The third kappa shape index (κ3) is 2.46. The SMILES string of the molecule is CN(C)C(=O)c1c(-c2ccc(F)cc2)ccc2ccccc12. The molecule has 22 heavy (non-hydrogen) atoms. The first kappa shape index (κ1) is 14.3. The lowest BCUT2D eigenvalue weighted by Gasteiger charge is -2.17. The fourth-order valence-electron chi connectivity index (χ4n) is 2.60. The number of rotatable bonds is 2. The molecule has 3 rings (SSSR count). The van der Waals surface area contributed by atoms with Crippen LogP contribution in [0.1, 0.15) is 10.4 Å². The van der Waals surface area contributed by atoms with E-state index in [1.807, 2.05) is 36.4 Å². The third-order valence-electron chi connectivity index (χ3n) is 3.70. The normalized spacial score (nSPS) is 10.7. The molecule has 0 atom stereocenters. The standard InChI is InChI=1S/C19H16FNO/c1-21(2)19(22)18-16-6-4-3-5-13(16)9-12-17(18)14-7-10-15(20)11-8-14/h3-12H,1-2H3. The Morgan fingerprint density at radius 2 is 1.59 bits per heavy atom. The topological polar surface area (TPSA) is 20.3 Å². The van der Waals surface area contributed by atoms with E-state index < -0.39 is 0 Å². The molecule has 3 heteroatoms. The molecule has 0 aliphatic rings. The van der Waals surface area contributed by atoms with Gasteiger partial charge < -0.3 is 4.90 Å². The van der Waals surface area contributed by atoms with E-state index in [0.29, 0.717) is 5.56 Å². The first-order valence-corrected chi connectivity index (χ1v) is 7.07. The van der Waals surface area contributed by atoms with Gasteiger partial charge in [-0.05, 0) is 34.0 Å². The molecule has 0 saturated carbocycles. The van der Waals surface area contributed by atoms with Gasteiger partial charge in [0.05, 0.1) is 5.56 Å². The maximum absolute atomic E-state index is 13.2. The van der Waals surface area contributed by atoms with Crippen LogP contribution < -0.4 is 0 Å². The molecule has 0 aliphatic carbocycles. The number of benzene rings is 3. The highest BCUT2D eigenvalue weighted by Crippen LogP contribution is 2.31. The van der Waals surface area contributed by atoms with Gasteiger partial charge in [-0.3, -0.25) is 4.79 Å². The van der Waals surface area contributed by atoms with Crippen LogP contribution in [0.2, 0.25) is 0 Å². The summed E-state index contributed by atoms with van der Waals surface area (Å²) in [5.41, 5.74) is 2.30. The zero-order valence-corrected chi connectivity index (χ0v) is 12.5. The molecule has 0 radical (unpaired) electrons. The van der Waals surface area contributed by atoms with Crippen molar-refractivity contribution in [2.45, 2.75) is 0 Å². The second kappa shape index (κ2) is 5.60. The minimum Gasteiger partial charge on any atom is -0.345 e. The van der Waals surface area contributed by atoms with Crippen molar-refractivity contribution in [2.75, 3.05) is 14.1 Å². The Labute approximate surface area is 128 Å². The van der Waals surface area contributed by atoms with Crippen molar-refractivity contribution in [3.05, 3.63) is 72.0 Å². The molecule has 1 amide bonds. The second-order valence-electron chi connectivity index (χ2n) is 5.42. The highest BCUT2D eigenvalue weighted by molar-refractivity contribution is 6.12. The first-order valence-electron chi connectivity index (χ1n) is 7.07. The lowest BCUT2D eigenvalue weighted by atomic mass is 9.93. The summed E-state index contributed by atoms with van der Waals surface area (Å²) < 4.78 is 13.2. The fraction of sp³-hybridized carbons (Fsp3) is 0.105. The molecule has 0 heterocycles. The Morgan fingerprint density at radius 1 is 0.909 bits per heavy atom. The molecule has 0 aromatic heterocycles. The van der Waals surface area contributed by atoms with E-state index in [2.05, 4.69) is 0 Å². The molecule has 0 unspecified atom stereocenters. The van der Waals surface area contributed by atoms with Crippen molar-refractivity contribution >= 4 is 16.7 Å². The van der Waals surface area contributed by atoms with E-state index in [1.54, 1.807) is 31.1 Å². The molecular weight excluding hydrogens is 277 g/mol. The van der Waals surface area contributed by atoms with Crippen LogP contribution in [0.4, 0.5) is 4.39 Å². The average molecular weight is 293 g/mol. The number of nitrogens with zero attached hydrogens (tertiary/aromatic N) is 1. The molecule has 0 fully saturated rings. The van der Waals surface area contributed by atoms with Crippen LogP contribution in [0.3, 0.4) is 0 Å². The molecule has 0 spiro atoms. The van der Waals surface area contributed by atoms with Gasteiger partial charge in [0.25, 0.3) is 5.91 Å². The minimum atomic E-state index is -0.287. The van der Waals surface area contributed by atoms with E-state index in [-0.39, 0.29) is 11.7 Å². The fourth-order valence-corrected chi connectivity index (χ4v) is 2.60. The van der Waals surface area contributed by atoms with E-state index in [0.717, 1.165) is 21.9 Å². The number of carbonyl (C=O) groups excluding carboxylic acids is 1. The van der Waals surface area contributed by atoms with Gasteiger partial charge in [-0.2, -0.15) is 0 Å². The van der Waals surface area contributed by atoms with Crippen molar-refractivity contribution < 1.29 is 9.18 Å². The lowest BCUT2D eigenvalue weighted by Crippen LogP contribution is -2.22. The lowest BCUT2D eigenvalue weighted by molar-refractivity contribution is 0.0830. The van der Waals surface area contributed by atoms with Crippen LogP contribution in [-0.4, -0.2) is 24.9 Å². The number of fused-ring (bicyclic) bond motifs is 1.